The van der Waals surface area contributed by atoms with Crippen LogP contribution >= 0.6 is 72.5 Å². The molecule has 3 aromatic rings. The van der Waals surface area contributed by atoms with Crippen molar-refractivity contribution in [1.82, 2.24) is 14.5 Å². The lowest BCUT2D eigenvalue weighted by Gasteiger charge is -2.36. The molecule has 2 heterocycles. The van der Waals surface area contributed by atoms with Gasteiger partial charge in [0.25, 0.3) is 0 Å². The fraction of sp³-hybridized carbons (Fsp3) is 0.391. The van der Waals surface area contributed by atoms with E-state index < -0.39 is 0 Å². The summed E-state index contributed by atoms with van der Waals surface area (Å²) in [5.41, 5.74) is 3.04. The lowest BCUT2D eigenvalue weighted by atomic mass is 10.0. The number of aromatic nitrogens is 2. The van der Waals surface area contributed by atoms with E-state index in [0.29, 0.717) is 28.4 Å². The first-order valence-electron chi connectivity index (χ1n) is 10.5. The Morgan fingerprint density at radius 3 is 2.61 bits per heavy atom. The number of hydrogen-bond acceptors (Lipinski definition) is 4. The average Bonchev–Trinajstić information content (AvgIpc) is 3.11. The number of ketones is 1. The van der Waals surface area contributed by atoms with Crippen molar-refractivity contribution < 1.29 is 9.18 Å². The van der Waals surface area contributed by atoms with E-state index in [1.54, 1.807) is 0 Å². The zero-order valence-electron chi connectivity index (χ0n) is 17.9. The van der Waals surface area contributed by atoms with Crippen LogP contribution in [0.2, 0.25) is 0 Å². The maximum absolute atomic E-state index is 13.3. The largest absolute Gasteiger partial charge is 0.353 e. The Labute approximate surface area is 236 Å². The standard InChI is InChI=1S/C23H25BrFIN4O.2BrH/c24-14-19(31)10-12-29-11-9-18(13-22(29)26)27-23-28-20-3-1-2-4-21(20)30(23)15-16-5-7-17(25)8-6-16;;/h1-8,18,22H,9-15H2,(H,27,28);2*1H. The Kier molecular flexibility index (Phi) is 11.7. The molecule has 0 spiro atoms. The number of anilines is 1. The van der Waals surface area contributed by atoms with Crippen LogP contribution in [0.25, 0.3) is 11.0 Å². The third-order valence-corrected chi connectivity index (χ3v) is 7.63. The van der Waals surface area contributed by atoms with Gasteiger partial charge in [-0.2, -0.15) is 0 Å². The first kappa shape index (κ1) is 28.7. The van der Waals surface area contributed by atoms with Crippen molar-refractivity contribution in [3.8, 4) is 0 Å². The number of nitrogens with zero attached hydrogens (tertiary/aromatic N) is 3. The minimum atomic E-state index is -0.227. The molecular weight excluding hydrogens is 734 g/mol. The number of nitrogens with one attached hydrogen (secondary N) is 1. The summed E-state index contributed by atoms with van der Waals surface area (Å²) in [6, 6.07) is 15.1. The number of imidazole rings is 1. The van der Waals surface area contributed by atoms with Crippen molar-refractivity contribution in [2.24, 2.45) is 0 Å². The van der Waals surface area contributed by atoms with Gasteiger partial charge in [-0.15, -0.1) is 34.0 Å². The molecule has 1 aliphatic heterocycles. The number of halogens is 5. The Hall–Kier alpha value is -0.560. The number of alkyl halides is 2. The fourth-order valence-corrected chi connectivity index (χ4v) is 5.43. The number of piperidine rings is 1. The van der Waals surface area contributed by atoms with Gasteiger partial charge < -0.3 is 9.88 Å². The van der Waals surface area contributed by atoms with Crippen LogP contribution in [0.1, 0.15) is 24.8 Å². The molecule has 2 aromatic carbocycles. The highest BCUT2D eigenvalue weighted by Gasteiger charge is 2.27. The first-order valence-corrected chi connectivity index (χ1v) is 12.8. The highest BCUT2D eigenvalue weighted by molar-refractivity contribution is 14.1. The second kappa shape index (κ2) is 13.5. The summed E-state index contributed by atoms with van der Waals surface area (Å²) < 4.78 is 15.9. The number of rotatable bonds is 8. The molecule has 1 N–H and O–H groups in total. The summed E-state index contributed by atoms with van der Waals surface area (Å²) in [7, 11) is 0. The minimum Gasteiger partial charge on any atom is -0.353 e. The van der Waals surface area contributed by atoms with Crippen molar-refractivity contribution in [2.45, 2.75) is 35.9 Å². The second-order valence-corrected chi connectivity index (χ2v) is 9.89. The summed E-state index contributed by atoms with van der Waals surface area (Å²) in [5, 5.41) is 4.10. The van der Waals surface area contributed by atoms with Gasteiger partial charge in [-0.1, -0.05) is 62.8 Å². The van der Waals surface area contributed by atoms with Gasteiger partial charge in [-0.3, -0.25) is 9.69 Å². The van der Waals surface area contributed by atoms with E-state index in [2.05, 4.69) is 59.4 Å². The van der Waals surface area contributed by atoms with Crippen molar-refractivity contribution >= 4 is 95.2 Å². The number of carbonyl (C=O) groups excluding carboxylic acids is 1. The van der Waals surface area contributed by atoms with Gasteiger partial charge in [0.05, 0.1) is 27.0 Å². The molecule has 0 saturated carbocycles. The van der Waals surface area contributed by atoms with Gasteiger partial charge in [0.2, 0.25) is 5.95 Å². The van der Waals surface area contributed by atoms with Crippen LogP contribution in [0.3, 0.4) is 0 Å². The quantitative estimate of drug-likeness (QED) is 0.165. The first-order chi connectivity index (χ1) is 15.0. The molecule has 1 saturated heterocycles. The van der Waals surface area contributed by atoms with Crippen molar-refractivity contribution in [1.29, 1.82) is 0 Å². The number of benzene rings is 2. The highest BCUT2D eigenvalue weighted by Crippen LogP contribution is 2.27. The second-order valence-electron chi connectivity index (χ2n) is 7.90. The minimum absolute atomic E-state index is 0. The van der Waals surface area contributed by atoms with Crippen molar-refractivity contribution in [3.63, 3.8) is 0 Å². The van der Waals surface area contributed by atoms with Crippen molar-refractivity contribution in [3.05, 3.63) is 59.9 Å². The summed E-state index contributed by atoms with van der Waals surface area (Å²) in [5.74, 6) is 0.871. The molecule has 2 unspecified atom stereocenters. The predicted molar refractivity (Wildman–Crippen MR) is 155 cm³/mol. The van der Waals surface area contributed by atoms with E-state index in [4.69, 9.17) is 4.98 Å². The van der Waals surface area contributed by atoms with E-state index in [-0.39, 0.29) is 45.6 Å². The number of para-hydroxylation sites is 2. The average molecular weight is 761 g/mol. The molecule has 0 amide bonds. The molecule has 4 rings (SSSR count). The van der Waals surface area contributed by atoms with Crippen LogP contribution in [0, 0.1) is 5.82 Å². The van der Waals surface area contributed by atoms with Crippen LogP contribution in [0.15, 0.2) is 48.5 Å². The predicted octanol–water partition coefficient (Wildman–Crippen LogP) is 6.37. The highest BCUT2D eigenvalue weighted by atomic mass is 127. The summed E-state index contributed by atoms with van der Waals surface area (Å²) in [4.78, 5) is 18.9. The zero-order valence-corrected chi connectivity index (χ0v) is 25.1. The van der Waals surface area contributed by atoms with Crippen LogP contribution in [-0.2, 0) is 11.3 Å². The van der Waals surface area contributed by atoms with Gasteiger partial charge in [-0.05, 0) is 42.7 Å². The lowest BCUT2D eigenvalue weighted by Crippen LogP contribution is -2.44. The van der Waals surface area contributed by atoms with Gasteiger partial charge in [0.1, 0.15) is 11.6 Å². The number of carbonyl (C=O) groups is 1. The smallest absolute Gasteiger partial charge is 0.204 e. The Morgan fingerprint density at radius 1 is 1.18 bits per heavy atom. The van der Waals surface area contributed by atoms with Crippen LogP contribution in [0.4, 0.5) is 10.3 Å². The van der Waals surface area contributed by atoms with Crippen LogP contribution < -0.4 is 5.32 Å². The molecule has 0 aliphatic carbocycles. The molecule has 2 atom stereocenters. The number of likely N-dealkylation sites (tertiary alicyclic amines) is 1. The summed E-state index contributed by atoms with van der Waals surface area (Å²) >= 11 is 5.72. The maximum atomic E-state index is 13.3. The third-order valence-electron chi connectivity index (χ3n) is 5.71. The third kappa shape index (κ3) is 7.46. The summed E-state index contributed by atoms with van der Waals surface area (Å²) in [6.45, 7) is 2.40. The van der Waals surface area contributed by atoms with Gasteiger partial charge in [-0.25, -0.2) is 9.37 Å². The molecule has 10 heteroatoms. The Morgan fingerprint density at radius 2 is 1.91 bits per heavy atom. The number of fused-ring (bicyclic) bond motifs is 1. The number of hydrogen-bond donors (Lipinski definition) is 1. The van der Waals surface area contributed by atoms with E-state index in [1.807, 2.05) is 30.3 Å². The van der Waals surface area contributed by atoms with Gasteiger partial charge >= 0.3 is 0 Å². The molecule has 33 heavy (non-hydrogen) atoms. The van der Waals surface area contributed by atoms with Crippen LogP contribution in [-0.4, -0.2) is 48.7 Å². The van der Waals surface area contributed by atoms with Crippen molar-refractivity contribution in [2.75, 3.05) is 23.7 Å². The normalized spacial score (nSPS) is 18.4. The van der Waals surface area contributed by atoms with E-state index in [9.17, 15) is 9.18 Å². The van der Waals surface area contributed by atoms with E-state index >= 15 is 0 Å². The topological polar surface area (TPSA) is 50.2 Å². The molecule has 1 aliphatic rings. The van der Waals surface area contributed by atoms with Crippen LogP contribution in [0.5, 0.6) is 0 Å². The van der Waals surface area contributed by atoms with Gasteiger partial charge in [0, 0.05) is 25.6 Å². The molecule has 1 aromatic heterocycles. The molecule has 1 fully saturated rings. The summed E-state index contributed by atoms with van der Waals surface area (Å²) in [6.07, 6.45) is 2.58. The fourth-order valence-electron chi connectivity index (χ4n) is 3.98. The Bertz CT molecular complexity index is 1050. The molecule has 0 radical (unpaired) electrons. The SMILES string of the molecule is Br.Br.O=C(CBr)CCN1CCC(Nc2nc3ccccc3n2Cc2ccc(F)cc2)CC1I. The zero-order chi connectivity index (χ0) is 21.8. The van der Waals surface area contributed by atoms with E-state index in [1.165, 1.54) is 12.1 Å². The lowest BCUT2D eigenvalue weighted by molar-refractivity contribution is -0.116. The molecule has 180 valence electrons. The molecular formula is C23H27Br3FIN4O. The monoisotopic (exact) mass is 758 g/mol. The molecule has 0 bridgehead atoms. The van der Waals surface area contributed by atoms with Gasteiger partial charge in [0.15, 0.2) is 0 Å². The Balaban J connectivity index is 0.00000193. The number of Topliss-reactive ketones (excluding diaryl/α,β-unsaturated/α-hetero) is 1. The maximum Gasteiger partial charge on any atom is 0.204 e. The molecule has 5 nitrogen and oxygen atoms in total. The van der Waals surface area contributed by atoms with E-state index in [0.717, 1.165) is 48.5 Å².